The number of hydrogen-bond acceptors (Lipinski definition) is 3. The number of carbonyl (C=O) groups excluding carboxylic acids is 1. The molecule has 3 fully saturated rings. The van der Waals surface area contributed by atoms with Crippen molar-refractivity contribution in [3.05, 3.63) is 0 Å². The maximum absolute atomic E-state index is 12.0. The van der Waals surface area contributed by atoms with Crippen molar-refractivity contribution in [1.82, 2.24) is 5.32 Å². The Labute approximate surface area is 121 Å². The number of amides is 1. The molecule has 4 heteroatoms. The Balaban J connectivity index is 1.88. The van der Waals surface area contributed by atoms with Crippen LogP contribution in [0.5, 0.6) is 0 Å². The number of hydrogen-bond donors (Lipinski definition) is 2. The first kappa shape index (κ1) is 14.3. The fourth-order valence-corrected chi connectivity index (χ4v) is 5.42. The minimum absolute atomic E-state index is 0.00889. The van der Waals surface area contributed by atoms with Gasteiger partial charge in [0.2, 0.25) is 5.91 Å². The minimum atomic E-state index is -0.0711. The highest BCUT2D eigenvalue weighted by molar-refractivity contribution is 5.76. The van der Waals surface area contributed by atoms with Gasteiger partial charge in [0.1, 0.15) is 0 Å². The maximum Gasteiger partial charge on any atom is 0.222 e. The number of fused-ring (bicyclic) bond motifs is 1. The van der Waals surface area contributed by atoms with Crippen molar-refractivity contribution in [3.63, 3.8) is 0 Å². The minimum Gasteiger partial charge on any atom is -0.396 e. The predicted molar refractivity (Wildman–Crippen MR) is 76.1 cm³/mol. The first-order chi connectivity index (χ1) is 9.41. The highest BCUT2D eigenvalue weighted by Gasteiger charge is 2.67. The van der Waals surface area contributed by atoms with E-state index in [2.05, 4.69) is 26.1 Å². The molecule has 4 nitrogen and oxygen atoms in total. The first-order valence-electron chi connectivity index (χ1n) is 7.93. The summed E-state index contributed by atoms with van der Waals surface area (Å²) in [6, 6.07) is 0.226. The molecule has 3 aliphatic rings. The van der Waals surface area contributed by atoms with Crippen LogP contribution in [0.25, 0.3) is 0 Å². The predicted octanol–water partition coefficient (Wildman–Crippen LogP) is 1.71. The summed E-state index contributed by atoms with van der Waals surface area (Å²) >= 11 is 0. The molecule has 0 radical (unpaired) electrons. The molecule has 2 saturated carbocycles. The van der Waals surface area contributed by atoms with Gasteiger partial charge < -0.3 is 15.2 Å². The molecule has 2 aliphatic carbocycles. The summed E-state index contributed by atoms with van der Waals surface area (Å²) in [6.07, 6.45) is 4.04. The van der Waals surface area contributed by atoms with Gasteiger partial charge >= 0.3 is 0 Å². The number of aliphatic hydroxyl groups is 1. The van der Waals surface area contributed by atoms with E-state index >= 15 is 0 Å². The molecule has 1 spiro atoms. The summed E-state index contributed by atoms with van der Waals surface area (Å²) in [6.45, 7) is 7.52. The van der Waals surface area contributed by atoms with Crippen LogP contribution < -0.4 is 5.32 Å². The Morgan fingerprint density at radius 3 is 2.90 bits per heavy atom. The number of ether oxygens (including phenoxy) is 1. The fourth-order valence-electron chi connectivity index (χ4n) is 5.42. The van der Waals surface area contributed by atoms with Crippen molar-refractivity contribution >= 4 is 5.91 Å². The van der Waals surface area contributed by atoms with Crippen molar-refractivity contribution in [2.45, 2.75) is 58.6 Å². The first-order valence-corrected chi connectivity index (χ1v) is 7.93. The molecule has 0 aromatic carbocycles. The molecule has 20 heavy (non-hydrogen) atoms. The Morgan fingerprint density at radius 2 is 2.20 bits per heavy atom. The van der Waals surface area contributed by atoms with Crippen LogP contribution in [-0.2, 0) is 9.53 Å². The molecular formula is C16H27NO3. The third-order valence-corrected chi connectivity index (χ3v) is 6.43. The van der Waals surface area contributed by atoms with Crippen LogP contribution in [0.2, 0.25) is 0 Å². The van der Waals surface area contributed by atoms with Gasteiger partial charge in [-0.1, -0.05) is 13.8 Å². The van der Waals surface area contributed by atoms with Crippen molar-refractivity contribution in [1.29, 1.82) is 0 Å². The van der Waals surface area contributed by atoms with Gasteiger partial charge in [-0.3, -0.25) is 4.79 Å². The van der Waals surface area contributed by atoms with E-state index in [0.717, 1.165) is 13.0 Å². The van der Waals surface area contributed by atoms with E-state index < -0.39 is 0 Å². The molecule has 0 aromatic rings. The van der Waals surface area contributed by atoms with Crippen molar-refractivity contribution in [2.24, 2.45) is 22.7 Å². The van der Waals surface area contributed by atoms with Crippen LogP contribution in [0.15, 0.2) is 0 Å². The van der Waals surface area contributed by atoms with E-state index in [1.807, 2.05) is 0 Å². The number of carbonyl (C=O) groups is 1. The van der Waals surface area contributed by atoms with Gasteiger partial charge in [-0.25, -0.2) is 0 Å². The second kappa shape index (κ2) is 4.70. The fraction of sp³-hybridized carbons (Fsp3) is 0.938. The summed E-state index contributed by atoms with van der Waals surface area (Å²) in [7, 11) is 0. The Morgan fingerprint density at radius 1 is 1.45 bits per heavy atom. The number of nitrogens with one attached hydrogen (secondary N) is 1. The lowest BCUT2D eigenvalue weighted by atomic mass is 9.59. The molecule has 1 heterocycles. The third kappa shape index (κ3) is 1.84. The summed E-state index contributed by atoms with van der Waals surface area (Å²) in [5, 5.41) is 12.2. The van der Waals surface area contributed by atoms with Gasteiger partial charge in [-0.15, -0.1) is 0 Å². The molecule has 5 atom stereocenters. The van der Waals surface area contributed by atoms with Gasteiger partial charge in [0.25, 0.3) is 0 Å². The largest absolute Gasteiger partial charge is 0.396 e. The van der Waals surface area contributed by atoms with Gasteiger partial charge in [0, 0.05) is 19.1 Å². The van der Waals surface area contributed by atoms with Gasteiger partial charge in [-0.05, 0) is 48.9 Å². The summed E-state index contributed by atoms with van der Waals surface area (Å²) < 4.78 is 5.86. The van der Waals surface area contributed by atoms with Crippen molar-refractivity contribution in [2.75, 3.05) is 13.2 Å². The Hall–Kier alpha value is -0.610. The van der Waals surface area contributed by atoms with Crippen LogP contribution in [0, 0.1) is 22.7 Å². The Bertz CT molecular complexity index is 409. The van der Waals surface area contributed by atoms with Gasteiger partial charge in [0.15, 0.2) is 0 Å². The molecule has 1 amide bonds. The van der Waals surface area contributed by atoms with Crippen LogP contribution in [0.4, 0.5) is 0 Å². The SMILES string of the molecule is C[C@H]1OCCC23C[C@@H](C[C@H]12)C(C)(C)[C@@H]3NC(=O)CCO. The van der Waals surface area contributed by atoms with E-state index in [9.17, 15) is 4.79 Å². The summed E-state index contributed by atoms with van der Waals surface area (Å²) in [4.78, 5) is 12.0. The average molecular weight is 281 g/mol. The lowest BCUT2D eigenvalue weighted by molar-refractivity contribution is -0.134. The van der Waals surface area contributed by atoms with Crippen LogP contribution in [0.3, 0.4) is 0 Å². The van der Waals surface area contributed by atoms with E-state index in [1.54, 1.807) is 0 Å². The van der Waals surface area contributed by atoms with Gasteiger partial charge in [-0.2, -0.15) is 0 Å². The molecule has 0 aromatic heterocycles. The third-order valence-electron chi connectivity index (χ3n) is 6.43. The number of rotatable bonds is 3. The normalized spacial score (nSPS) is 45.2. The molecule has 1 saturated heterocycles. The molecule has 114 valence electrons. The Kier molecular flexibility index (Phi) is 3.37. The zero-order valence-electron chi connectivity index (χ0n) is 12.8. The van der Waals surface area contributed by atoms with Crippen molar-refractivity contribution in [3.8, 4) is 0 Å². The lowest BCUT2D eigenvalue weighted by Crippen LogP contribution is -2.59. The zero-order valence-corrected chi connectivity index (χ0v) is 12.8. The monoisotopic (exact) mass is 281 g/mol. The quantitative estimate of drug-likeness (QED) is 0.828. The topological polar surface area (TPSA) is 58.6 Å². The zero-order chi connectivity index (χ0) is 14.5. The second-order valence-corrected chi connectivity index (χ2v) is 7.60. The molecule has 2 N–H and O–H groups in total. The van der Waals surface area contributed by atoms with E-state index in [0.29, 0.717) is 17.9 Å². The molecule has 1 aliphatic heterocycles. The van der Waals surface area contributed by atoms with Crippen LogP contribution in [0.1, 0.15) is 46.5 Å². The maximum atomic E-state index is 12.0. The van der Waals surface area contributed by atoms with E-state index in [-0.39, 0.29) is 35.8 Å². The van der Waals surface area contributed by atoms with Crippen molar-refractivity contribution < 1.29 is 14.6 Å². The van der Waals surface area contributed by atoms with E-state index in [1.165, 1.54) is 12.8 Å². The molecule has 1 unspecified atom stereocenters. The van der Waals surface area contributed by atoms with Gasteiger partial charge in [0.05, 0.1) is 12.7 Å². The standard InChI is InChI=1S/C16H27NO3/c1-10-12-8-11-9-16(12,5-7-20-10)14(15(11,2)3)17-13(19)4-6-18/h10-12,14,18H,4-9H2,1-3H3,(H,17,19)/t10-,11-,12-,14+,16?/m1/s1. The molecule has 3 rings (SSSR count). The highest BCUT2D eigenvalue weighted by atomic mass is 16.5. The second-order valence-electron chi connectivity index (χ2n) is 7.60. The molecule has 2 bridgehead atoms. The highest BCUT2D eigenvalue weighted by Crippen LogP contribution is 2.68. The summed E-state index contributed by atoms with van der Waals surface area (Å²) in [5.74, 6) is 1.25. The van der Waals surface area contributed by atoms with E-state index in [4.69, 9.17) is 9.84 Å². The van der Waals surface area contributed by atoms with Crippen LogP contribution in [-0.4, -0.2) is 36.4 Å². The summed E-state index contributed by atoms with van der Waals surface area (Å²) in [5.41, 5.74) is 0.371. The van der Waals surface area contributed by atoms with Crippen LogP contribution >= 0.6 is 0 Å². The lowest BCUT2D eigenvalue weighted by Gasteiger charge is -2.52. The molecular weight excluding hydrogens is 254 g/mol. The smallest absolute Gasteiger partial charge is 0.222 e. The average Bonchev–Trinajstić information content (AvgIpc) is 2.85. The number of aliphatic hydroxyl groups excluding tert-OH is 1.